The molecule has 3 heteroatoms. The van der Waals surface area contributed by atoms with E-state index in [4.69, 9.17) is 9.47 Å². The molecule has 0 aromatic heterocycles. The first-order valence-corrected chi connectivity index (χ1v) is 5.48. The maximum absolute atomic E-state index is 5.48. The van der Waals surface area contributed by atoms with Crippen LogP contribution in [-0.4, -0.2) is 49.5 Å². The fourth-order valence-electron chi connectivity index (χ4n) is 1.93. The smallest absolute Gasteiger partial charge is 0.0645 e. The summed E-state index contributed by atoms with van der Waals surface area (Å²) in [5.41, 5.74) is 0.214. The van der Waals surface area contributed by atoms with Crippen molar-refractivity contribution in [1.82, 2.24) is 4.90 Å². The topological polar surface area (TPSA) is 21.7 Å². The molecule has 0 radical (unpaired) electrons. The van der Waals surface area contributed by atoms with Crippen LogP contribution < -0.4 is 0 Å². The van der Waals surface area contributed by atoms with Crippen molar-refractivity contribution >= 4 is 0 Å². The molecule has 1 saturated heterocycles. The van der Waals surface area contributed by atoms with Crippen LogP contribution in [0.2, 0.25) is 0 Å². The van der Waals surface area contributed by atoms with E-state index < -0.39 is 0 Å². The van der Waals surface area contributed by atoms with Crippen LogP contribution in [0.4, 0.5) is 0 Å². The average molecular weight is 201 g/mol. The molecule has 0 aromatic rings. The van der Waals surface area contributed by atoms with E-state index in [1.807, 2.05) is 6.92 Å². The van der Waals surface area contributed by atoms with Gasteiger partial charge in [-0.2, -0.15) is 0 Å². The van der Waals surface area contributed by atoms with Crippen LogP contribution >= 0.6 is 0 Å². The second-order valence-electron chi connectivity index (χ2n) is 4.75. The van der Waals surface area contributed by atoms with Gasteiger partial charge in [-0.15, -0.1) is 0 Å². The van der Waals surface area contributed by atoms with Gasteiger partial charge in [0.2, 0.25) is 0 Å². The lowest BCUT2D eigenvalue weighted by atomic mass is 10.0. The third kappa shape index (κ3) is 3.23. The van der Waals surface area contributed by atoms with Crippen LogP contribution in [0.25, 0.3) is 0 Å². The molecule has 0 amide bonds. The zero-order valence-corrected chi connectivity index (χ0v) is 9.88. The molecule has 0 unspecified atom stereocenters. The molecule has 0 saturated carbocycles. The molecule has 84 valence electrons. The molecule has 0 aliphatic carbocycles. The summed E-state index contributed by atoms with van der Waals surface area (Å²) in [7, 11) is 0. The largest absolute Gasteiger partial charge is 0.380 e. The van der Waals surface area contributed by atoms with Gasteiger partial charge in [0.1, 0.15) is 0 Å². The van der Waals surface area contributed by atoms with Gasteiger partial charge in [-0.1, -0.05) is 0 Å². The minimum absolute atomic E-state index is 0.214. The highest BCUT2D eigenvalue weighted by molar-refractivity contribution is 4.85. The van der Waals surface area contributed by atoms with Gasteiger partial charge < -0.3 is 9.47 Å². The van der Waals surface area contributed by atoms with Gasteiger partial charge in [0, 0.05) is 18.7 Å². The Labute approximate surface area is 87.4 Å². The van der Waals surface area contributed by atoms with Crippen molar-refractivity contribution in [2.75, 3.05) is 33.0 Å². The quantitative estimate of drug-likeness (QED) is 0.691. The molecule has 0 aromatic carbocycles. The summed E-state index contributed by atoms with van der Waals surface area (Å²) in [6.07, 6.45) is 0. The SMILES string of the molecule is CCOC[C@H]1COCCN1C(C)(C)C. The lowest BCUT2D eigenvalue weighted by Gasteiger charge is -2.44. The lowest BCUT2D eigenvalue weighted by molar-refractivity contribution is -0.0759. The highest BCUT2D eigenvalue weighted by Gasteiger charge is 2.31. The van der Waals surface area contributed by atoms with E-state index in [2.05, 4.69) is 25.7 Å². The van der Waals surface area contributed by atoms with Gasteiger partial charge in [-0.25, -0.2) is 0 Å². The van der Waals surface area contributed by atoms with E-state index in [1.165, 1.54) is 0 Å². The molecule has 3 nitrogen and oxygen atoms in total. The maximum atomic E-state index is 5.48. The average Bonchev–Trinajstić information content (AvgIpc) is 2.14. The van der Waals surface area contributed by atoms with Crippen molar-refractivity contribution in [1.29, 1.82) is 0 Å². The molecule has 14 heavy (non-hydrogen) atoms. The summed E-state index contributed by atoms with van der Waals surface area (Å²) in [5.74, 6) is 0. The predicted octanol–water partition coefficient (Wildman–Crippen LogP) is 1.52. The Hall–Kier alpha value is -0.120. The summed E-state index contributed by atoms with van der Waals surface area (Å²) < 4.78 is 11.0. The standard InChI is InChI=1S/C11H23NO2/c1-5-13-8-10-9-14-7-6-12(10)11(2,3)4/h10H,5-9H2,1-4H3/t10-/m0/s1. The summed E-state index contributed by atoms with van der Waals surface area (Å²) in [6, 6.07) is 0.420. The number of rotatable bonds is 3. The predicted molar refractivity (Wildman–Crippen MR) is 57.6 cm³/mol. The van der Waals surface area contributed by atoms with Gasteiger partial charge in [0.25, 0.3) is 0 Å². The zero-order chi connectivity index (χ0) is 10.6. The highest BCUT2D eigenvalue weighted by Crippen LogP contribution is 2.19. The van der Waals surface area contributed by atoms with Gasteiger partial charge in [0.05, 0.1) is 25.9 Å². The normalized spacial score (nSPS) is 25.3. The Morgan fingerprint density at radius 1 is 1.43 bits per heavy atom. The molecule has 0 spiro atoms. The van der Waals surface area contributed by atoms with Crippen LogP contribution in [0.3, 0.4) is 0 Å². The third-order valence-corrected chi connectivity index (χ3v) is 2.60. The molecule has 1 heterocycles. The van der Waals surface area contributed by atoms with Gasteiger partial charge >= 0.3 is 0 Å². The van der Waals surface area contributed by atoms with Crippen molar-refractivity contribution in [3.63, 3.8) is 0 Å². The third-order valence-electron chi connectivity index (χ3n) is 2.60. The molecule has 1 aliphatic rings. The molecule has 1 fully saturated rings. The van der Waals surface area contributed by atoms with Crippen molar-refractivity contribution in [3.05, 3.63) is 0 Å². The lowest BCUT2D eigenvalue weighted by Crippen LogP contribution is -2.56. The first kappa shape index (κ1) is 12.0. The second kappa shape index (κ2) is 5.10. The van der Waals surface area contributed by atoms with Gasteiger partial charge in [-0.05, 0) is 27.7 Å². The van der Waals surface area contributed by atoms with Gasteiger partial charge in [-0.3, -0.25) is 4.90 Å². The van der Waals surface area contributed by atoms with Crippen molar-refractivity contribution in [2.45, 2.75) is 39.3 Å². The zero-order valence-electron chi connectivity index (χ0n) is 9.88. The molecular formula is C11H23NO2. The molecular weight excluding hydrogens is 178 g/mol. The fraction of sp³-hybridized carbons (Fsp3) is 1.00. The van der Waals surface area contributed by atoms with Crippen LogP contribution in [0, 0.1) is 0 Å². The summed E-state index contributed by atoms with van der Waals surface area (Å²) in [5, 5.41) is 0. The molecule has 0 N–H and O–H groups in total. The van der Waals surface area contributed by atoms with Crippen molar-refractivity contribution in [3.8, 4) is 0 Å². The van der Waals surface area contributed by atoms with E-state index in [9.17, 15) is 0 Å². The van der Waals surface area contributed by atoms with Crippen LogP contribution in [0.1, 0.15) is 27.7 Å². The van der Waals surface area contributed by atoms with Crippen LogP contribution in [-0.2, 0) is 9.47 Å². The number of hydrogen-bond acceptors (Lipinski definition) is 3. The number of hydrogen-bond donors (Lipinski definition) is 0. The van der Waals surface area contributed by atoms with E-state index in [-0.39, 0.29) is 5.54 Å². The Bertz CT molecular complexity index is 165. The summed E-state index contributed by atoms with van der Waals surface area (Å²) >= 11 is 0. The first-order chi connectivity index (χ1) is 6.55. The highest BCUT2D eigenvalue weighted by atomic mass is 16.5. The van der Waals surface area contributed by atoms with Crippen LogP contribution in [0.5, 0.6) is 0 Å². The van der Waals surface area contributed by atoms with E-state index in [0.29, 0.717) is 6.04 Å². The van der Waals surface area contributed by atoms with E-state index in [1.54, 1.807) is 0 Å². The minimum Gasteiger partial charge on any atom is -0.380 e. The van der Waals surface area contributed by atoms with Crippen molar-refractivity contribution < 1.29 is 9.47 Å². The second-order valence-corrected chi connectivity index (χ2v) is 4.75. The monoisotopic (exact) mass is 201 g/mol. The van der Waals surface area contributed by atoms with Gasteiger partial charge in [0.15, 0.2) is 0 Å². The van der Waals surface area contributed by atoms with Crippen molar-refractivity contribution in [2.24, 2.45) is 0 Å². The van der Waals surface area contributed by atoms with E-state index >= 15 is 0 Å². The Kier molecular flexibility index (Phi) is 4.35. The molecule has 0 bridgehead atoms. The molecule has 1 rings (SSSR count). The summed E-state index contributed by atoms with van der Waals surface area (Å²) in [4.78, 5) is 2.48. The first-order valence-electron chi connectivity index (χ1n) is 5.48. The number of nitrogens with zero attached hydrogens (tertiary/aromatic N) is 1. The number of morpholine rings is 1. The summed E-state index contributed by atoms with van der Waals surface area (Å²) in [6.45, 7) is 13.0. The maximum Gasteiger partial charge on any atom is 0.0645 e. The minimum atomic E-state index is 0.214. The molecule has 1 atom stereocenters. The Morgan fingerprint density at radius 3 is 2.71 bits per heavy atom. The van der Waals surface area contributed by atoms with Crippen LogP contribution in [0.15, 0.2) is 0 Å². The number of ether oxygens (including phenoxy) is 2. The van der Waals surface area contributed by atoms with E-state index in [0.717, 1.165) is 33.0 Å². The Balaban J connectivity index is 2.50. The Morgan fingerprint density at radius 2 is 2.14 bits per heavy atom. The fourth-order valence-corrected chi connectivity index (χ4v) is 1.93. The molecule has 1 aliphatic heterocycles.